The van der Waals surface area contributed by atoms with Crippen molar-refractivity contribution in [1.29, 1.82) is 0 Å². The predicted octanol–water partition coefficient (Wildman–Crippen LogP) is 2.58. The standard InChI is InChI=1S/C21H22N4O3/c1-3-28-18-8-6-17(7-9-18)19-10-11-20(26)25(24-19)15(2)21(27)23-14-16-5-4-12-22-13-16/h4-13,15H,3,14H2,1-2H3,(H,23,27). The van der Waals surface area contributed by atoms with Crippen LogP contribution in [0.1, 0.15) is 25.5 Å². The molecule has 0 saturated heterocycles. The normalized spacial score (nSPS) is 11.6. The van der Waals surface area contributed by atoms with E-state index in [2.05, 4.69) is 15.4 Å². The van der Waals surface area contributed by atoms with Crippen molar-refractivity contribution >= 4 is 5.91 Å². The van der Waals surface area contributed by atoms with Crippen LogP contribution in [0.2, 0.25) is 0 Å². The van der Waals surface area contributed by atoms with Crippen LogP contribution in [0.3, 0.4) is 0 Å². The van der Waals surface area contributed by atoms with E-state index < -0.39 is 6.04 Å². The lowest BCUT2D eigenvalue weighted by molar-refractivity contribution is -0.124. The van der Waals surface area contributed by atoms with Gasteiger partial charge >= 0.3 is 0 Å². The molecule has 0 aliphatic carbocycles. The van der Waals surface area contributed by atoms with Crippen LogP contribution in [-0.4, -0.2) is 27.3 Å². The summed E-state index contributed by atoms with van der Waals surface area (Å²) < 4.78 is 6.64. The van der Waals surface area contributed by atoms with Crippen molar-refractivity contribution in [3.63, 3.8) is 0 Å². The van der Waals surface area contributed by atoms with Crippen molar-refractivity contribution in [3.05, 3.63) is 76.8 Å². The molecule has 2 heterocycles. The van der Waals surface area contributed by atoms with E-state index in [4.69, 9.17) is 4.74 Å². The summed E-state index contributed by atoms with van der Waals surface area (Å²) in [5.41, 5.74) is 1.99. The van der Waals surface area contributed by atoms with Gasteiger partial charge in [-0.25, -0.2) is 4.68 Å². The molecular weight excluding hydrogens is 356 g/mol. The van der Waals surface area contributed by atoms with Crippen molar-refractivity contribution in [3.8, 4) is 17.0 Å². The predicted molar refractivity (Wildman–Crippen MR) is 106 cm³/mol. The van der Waals surface area contributed by atoms with Crippen LogP contribution in [0.25, 0.3) is 11.3 Å². The number of carbonyl (C=O) groups excluding carboxylic acids is 1. The highest BCUT2D eigenvalue weighted by atomic mass is 16.5. The third kappa shape index (κ3) is 4.62. The van der Waals surface area contributed by atoms with Crippen LogP contribution in [0.5, 0.6) is 5.75 Å². The molecule has 1 N–H and O–H groups in total. The molecule has 0 radical (unpaired) electrons. The number of aromatic nitrogens is 3. The van der Waals surface area contributed by atoms with Crippen molar-refractivity contribution in [2.45, 2.75) is 26.4 Å². The first kappa shape index (κ1) is 19.3. The monoisotopic (exact) mass is 378 g/mol. The highest BCUT2D eigenvalue weighted by Gasteiger charge is 2.18. The number of rotatable bonds is 7. The Labute approximate surface area is 163 Å². The van der Waals surface area contributed by atoms with Crippen LogP contribution in [0.4, 0.5) is 0 Å². The minimum atomic E-state index is -0.744. The highest BCUT2D eigenvalue weighted by Crippen LogP contribution is 2.20. The second-order valence-corrected chi connectivity index (χ2v) is 6.21. The summed E-state index contributed by atoms with van der Waals surface area (Å²) in [5, 5.41) is 7.19. The summed E-state index contributed by atoms with van der Waals surface area (Å²) in [6, 6.07) is 13.4. The van der Waals surface area contributed by atoms with Crippen LogP contribution in [-0.2, 0) is 11.3 Å². The quantitative estimate of drug-likeness (QED) is 0.683. The van der Waals surface area contributed by atoms with Crippen molar-refractivity contribution < 1.29 is 9.53 Å². The van der Waals surface area contributed by atoms with Gasteiger partial charge in [0.2, 0.25) is 5.91 Å². The second-order valence-electron chi connectivity index (χ2n) is 6.21. The number of amides is 1. The average Bonchev–Trinajstić information content (AvgIpc) is 2.73. The van der Waals surface area contributed by atoms with E-state index in [1.54, 1.807) is 31.5 Å². The highest BCUT2D eigenvalue weighted by molar-refractivity contribution is 5.79. The van der Waals surface area contributed by atoms with Crippen LogP contribution >= 0.6 is 0 Å². The number of nitrogens with zero attached hydrogens (tertiary/aromatic N) is 3. The van der Waals surface area contributed by atoms with Crippen LogP contribution in [0.15, 0.2) is 65.7 Å². The second kappa shape index (κ2) is 8.94. The Bertz CT molecular complexity index is 985. The van der Waals surface area contributed by atoms with Crippen LogP contribution < -0.4 is 15.6 Å². The largest absolute Gasteiger partial charge is 0.494 e. The molecule has 0 bridgehead atoms. The van der Waals surface area contributed by atoms with Crippen molar-refractivity contribution in [2.75, 3.05) is 6.61 Å². The van der Waals surface area contributed by atoms with Gasteiger partial charge in [-0.15, -0.1) is 0 Å². The summed E-state index contributed by atoms with van der Waals surface area (Å²) in [4.78, 5) is 28.8. The van der Waals surface area contributed by atoms with E-state index in [-0.39, 0.29) is 11.5 Å². The van der Waals surface area contributed by atoms with Gasteiger partial charge in [-0.3, -0.25) is 14.6 Å². The molecule has 0 saturated carbocycles. The number of benzene rings is 1. The lowest BCUT2D eigenvalue weighted by atomic mass is 10.1. The van der Waals surface area contributed by atoms with Gasteiger partial charge in [0.15, 0.2) is 0 Å². The van der Waals surface area contributed by atoms with Gasteiger partial charge in [0.1, 0.15) is 11.8 Å². The molecule has 0 fully saturated rings. The fourth-order valence-corrected chi connectivity index (χ4v) is 2.70. The molecule has 1 atom stereocenters. The van der Waals surface area contributed by atoms with Gasteiger partial charge in [0, 0.05) is 30.6 Å². The molecule has 0 aliphatic heterocycles. The first-order valence-electron chi connectivity index (χ1n) is 9.08. The third-order valence-corrected chi connectivity index (χ3v) is 4.22. The molecular formula is C21H22N4O3. The lowest BCUT2D eigenvalue weighted by Crippen LogP contribution is -2.36. The number of hydrogen-bond acceptors (Lipinski definition) is 5. The van der Waals surface area contributed by atoms with Gasteiger partial charge in [-0.2, -0.15) is 5.10 Å². The average molecular weight is 378 g/mol. The summed E-state index contributed by atoms with van der Waals surface area (Å²) in [6.45, 7) is 4.50. The zero-order valence-electron chi connectivity index (χ0n) is 15.8. The number of hydrogen-bond donors (Lipinski definition) is 1. The van der Waals surface area contributed by atoms with Crippen molar-refractivity contribution in [2.24, 2.45) is 0 Å². The van der Waals surface area contributed by atoms with E-state index in [0.717, 1.165) is 16.9 Å². The van der Waals surface area contributed by atoms with E-state index >= 15 is 0 Å². The van der Waals surface area contributed by atoms with E-state index in [0.29, 0.717) is 18.8 Å². The van der Waals surface area contributed by atoms with E-state index in [9.17, 15) is 9.59 Å². The molecule has 28 heavy (non-hydrogen) atoms. The minimum Gasteiger partial charge on any atom is -0.494 e. The van der Waals surface area contributed by atoms with Gasteiger partial charge < -0.3 is 10.1 Å². The zero-order chi connectivity index (χ0) is 19.9. The topological polar surface area (TPSA) is 86.1 Å². The number of carbonyl (C=O) groups is 1. The maximum atomic E-state index is 12.5. The zero-order valence-corrected chi connectivity index (χ0v) is 15.8. The molecule has 144 valence electrons. The Morgan fingerprint density at radius 1 is 1.18 bits per heavy atom. The lowest BCUT2D eigenvalue weighted by Gasteiger charge is -2.15. The summed E-state index contributed by atoms with van der Waals surface area (Å²) in [6.07, 6.45) is 3.35. The van der Waals surface area contributed by atoms with E-state index in [1.165, 1.54) is 10.7 Å². The third-order valence-electron chi connectivity index (χ3n) is 4.22. The molecule has 1 aromatic carbocycles. The molecule has 1 unspecified atom stereocenters. The Hall–Kier alpha value is -3.48. The number of nitrogens with one attached hydrogen (secondary N) is 1. The molecule has 3 rings (SSSR count). The molecule has 0 spiro atoms. The molecule has 2 aromatic heterocycles. The van der Waals surface area contributed by atoms with E-state index in [1.807, 2.05) is 37.3 Å². The van der Waals surface area contributed by atoms with Gasteiger partial charge in [0.25, 0.3) is 5.56 Å². The Kier molecular flexibility index (Phi) is 6.16. The maximum Gasteiger partial charge on any atom is 0.267 e. The Morgan fingerprint density at radius 3 is 2.64 bits per heavy atom. The summed E-state index contributed by atoms with van der Waals surface area (Å²) in [5.74, 6) is 0.477. The number of ether oxygens (including phenoxy) is 1. The van der Waals surface area contributed by atoms with Gasteiger partial charge in [0.05, 0.1) is 12.3 Å². The fourth-order valence-electron chi connectivity index (χ4n) is 2.70. The Balaban J connectivity index is 1.76. The van der Waals surface area contributed by atoms with Crippen LogP contribution in [0, 0.1) is 0 Å². The van der Waals surface area contributed by atoms with Gasteiger partial charge in [-0.1, -0.05) is 6.07 Å². The molecule has 0 aliphatic rings. The summed E-state index contributed by atoms with van der Waals surface area (Å²) >= 11 is 0. The fraction of sp³-hybridized carbons (Fsp3) is 0.238. The molecule has 7 heteroatoms. The Morgan fingerprint density at radius 2 is 1.96 bits per heavy atom. The summed E-state index contributed by atoms with van der Waals surface area (Å²) in [7, 11) is 0. The first-order chi connectivity index (χ1) is 13.6. The number of pyridine rings is 1. The minimum absolute atomic E-state index is 0.290. The molecule has 1 amide bonds. The van der Waals surface area contributed by atoms with Gasteiger partial charge in [-0.05, 0) is 55.8 Å². The smallest absolute Gasteiger partial charge is 0.267 e. The molecule has 7 nitrogen and oxygen atoms in total. The van der Waals surface area contributed by atoms with Crippen molar-refractivity contribution in [1.82, 2.24) is 20.1 Å². The first-order valence-corrected chi connectivity index (χ1v) is 9.08. The SMILES string of the molecule is CCOc1ccc(-c2ccc(=O)n(C(C)C(=O)NCc3cccnc3)n2)cc1. The maximum absolute atomic E-state index is 12.5. The molecule has 3 aromatic rings.